The molecule has 1 atom stereocenters. The number of nitrogens with one attached hydrogen (secondary N) is 2. The van der Waals surface area contributed by atoms with Gasteiger partial charge in [-0.3, -0.25) is 4.79 Å². The molecule has 2 heterocycles. The van der Waals surface area contributed by atoms with Crippen LogP contribution < -0.4 is 10.6 Å². The number of amides is 3. The van der Waals surface area contributed by atoms with Crippen LogP contribution in [-0.4, -0.2) is 41.0 Å². The van der Waals surface area contributed by atoms with Crippen molar-refractivity contribution >= 4 is 28.5 Å². The summed E-state index contributed by atoms with van der Waals surface area (Å²) in [6.45, 7) is 6.98. The number of carbonyl (C=O) groups is 2. The number of aromatic nitrogens is 1. The molecule has 174 valence electrons. The van der Waals surface area contributed by atoms with E-state index in [1.165, 1.54) is 12.1 Å². The predicted octanol–water partition coefficient (Wildman–Crippen LogP) is 5.11. The van der Waals surface area contributed by atoms with E-state index in [0.29, 0.717) is 31.2 Å². The molecule has 7 heteroatoms. The number of para-hydroxylation sites is 1. The fourth-order valence-corrected chi connectivity index (χ4v) is 4.53. The summed E-state index contributed by atoms with van der Waals surface area (Å²) in [7, 11) is 0. The van der Waals surface area contributed by atoms with Crippen molar-refractivity contribution < 1.29 is 14.0 Å². The highest BCUT2D eigenvalue weighted by Crippen LogP contribution is 2.26. The lowest BCUT2D eigenvalue weighted by atomic mass is 9.97. The quantitative estimate of drug-likeness (QED) is 0.548. The maximum Gasteiger partial charge on any atom is 0.319 e. The van der Waals surface area contributed by atoms with Gasteiger partial charge in [-0.25, -0.2) is 9.18 Å². The molecule has 1 fully saturated rings. The van der Waals surface area contributed by atoms with E-state index in [0.717, 1.165) is 35.9 Å². The second kappa shape index (κ2) is 10.1. The first kappa shape index (κ1) is 22.8. The van der Waals surface area contributed by atoms with Gasteiger partial charge in [-0.15, -0.1) is 0 Å². The molecule has 3 amide bonds. The van der Waals surface area contributed by atoms with Crippen molar-refractivity contribution in [3.05, 3.63) is 66.1 Å². The van der Waals surface area contributed by atoms with E-state index in [9.17, 15) is 14.0 Å². The topological polar surface area (TPSA) is 66.4 Å². The molecule has 2 aromatic carbocycles. The normalized spacial score (nSPS) is 16.2. The molecular formula is C26H31FN4O2. The van der Waals surface area contributed by atoms with Crippen LogP contribution in [0, 0.1) is 17.7 Å². The third-order valence-corrected chi connectivity index (χ3v) is 6.02. The minimum Gasteiger partial charge on any atom is -0.346 e. The molecule has 1 unspecified atom stereocenters. The van der Waals surface area contributed by atoms with Crippen molar-refractivity contribution in [2.75, 3.05) is 25.0 Å². The Morgan fingerprint density at radius 2 is 1.97 bits per heavy atom. The Balaban J connectivity index is 1.39. The van der Waals surface area contributed by atoms with Crippen LogP contribution in [-0.2, 0) is 6.54 Å². The van der Waals surface area contributed by atoms with E-state index in [1.807, 2.05) is 29.3 Å². The average Bonchev–Trinajstić information content (AvgIpc) is 3.15. The molecule has 2 N–H and O–H groups in total. The van der Waals surface area contributed by atoms with E-state index in [2.05, 4.69) is 35.1 Å². The number of piperidine rings is 1. The van der Waals surface area contributed by atoms with Crippen molar-refractivity contribution in [3.8, 4) is 0 Å². The zero-order chi connectivity index (χ0) is 23.4. The first-order valence-corrected chi connectivity index (χ1v) is 11.6. The number of rotatable bonds is 6. The fourth-order valence-electron chi connectivity index (χ4n) is 4.53. The Kier molecular flexibility index (Phi) is 6.96. The van der Waals surface area contributed by atoms with Gasteiger partial charge < -0.3 is 20.1 Å². The van der Waals surface area contributed by atoms with Crippen LogP contribution in [0.15, 0.2) is 54.7 Å². The van der Waals surface area contributed by atoms with Crippen LogP contribution in [0.25, 0.3) is 10.9 Å². The molecular weight excluding hydrogens is 419 g/mol. The second-order valence-corrected chi connectivity index (χ2v) is 9.21. The van der Waals surface area contributed by atoms with Gasteiger partial charge in [0.15, 0.2) is 0 Å². The standard InChI is InChI=1S/C26H31FN4O2/c1-18(2)15-31-17-23(22-10-3-4-11-24(22)31)25(32)30-12-6-7-19(16-30)14-28-26(33)29-21-9-5-8-20(27)13-21/h3-5,8-11,13,17-19H,6-7,12,14-16H2,1-2H3,(H2,28,29,33). The van der Waals surface area contributed by atoms with Crippen LogP contribution in [0.2, 0.25) is 0 Å². The van der Waals surface area contributed by atoms with Gasteiger partial charge in [0.05, 0.1) is 5.56 Å². The summed E-state index contributed by atoms with van der Waals surface area (Å²) in [6, 6.07) is 13.5. The first-order chi connectivity index (χ1) is 15.9. The Hall–Kier alpha value is -3.35. The van der Waals surface area contributed by atoms with Crippen LogP contribution in [0.5, 0.6) is 0 Å². The van der Waals surface area contributed by atoms with Crippen molar-refractivity contribution in [3.63, 3.8) is 0 Å². The smallest absolute Gasteiger partial charge is 0.319 e. The predicted molar refractivity (Wildman–Crippen MR) is 129 cm³/mol. The molecule has 0 aliphatic carbocycles. The zero-order valence-corrected chi connectivity index (χ0v) is 19.2. The number of benzene rings is 2. The van der Waals surface area contributed by atoms with Crippen LogP contribution in [0.3, 0.4) is 0 Å². The summed E-state index contributed by atoms with van der Waals surface area (Å²) in [5.41, 5.74) is 2.23. The number of anilines is 1. The molecule has 6 nitrogen and oxygen atoms in total. The number of urea groups is 1. The number of hydrogen-bond donors (Lipinski definition) is 2. The van der Waals surface area contributed by atoms with Crippen LogP contribution >= 0.6 is 0 Å². The number of likely N-dealkylation sites (tertiary alicyclic amines) is 1. The molecule has 1 aliphatic rings. The summed E-state index contributed by atoms with van der Waals surface area (Å²) >= 11 is 0. The van der Waals surface area contributed by atoms with E-state index in [1.54, 1.807) is 12.1 Å². The number of carbonyl (C=O) groups excluding carboxylic acids is 2. The van der Waals surface area contributed by atoms with Gasteiger partial charge in [-0.1, -0.05) is 38.1 Å². The highest BCUT2D eigenvalue weighted by Gasteiger charge is 2.27. The van der Waals surface area contributed by atoms with Gasteiger partial charge in [0.2, 0.25) is 0 Å². The van der Waals surface area contributed by atoms with Crippen molar-refractivity contribution in [1.29, 1.82) is 0 Å². The summed E-state index contributed by atoms with van der Waals surface area (Å²) in [6.07, 6.45) is 3.83. The monoisotopic (exact) mass is 450 g/mol. The van der Waals surface area contributed by atoms with Crippen molar-refractivity contribution in [2.45, 2.75) is 33.2 Å². The lowest BCUT2D eigenvalue weighted by Gasteiger charge is -2.32. The van der Waals surface area contributed by atoms with Gasteiger partial charge >= 0.3 is 6.03 Å². The lowest BCUT2D eigenvalue weighted by molar-refractivity contribution is 0.0677. The molecule has 1 saturated heterocycles. The highest BCUT2D eigenvalue weighted by atomic mass is 19.1. The molecule has 0 bridgehead atoms. The maximum absolute atomic E-state index is 13.4. The number of fused-ring (bicyclic) bond motifs is 1. The fraction of sp³-hybridized carbons (Fsp3) is 0.385. The first-order valence-electron chi connectivity index (χ1n) is 11.6. The van der Waals surface area contributed by atoms with Gasteiger partial charge in [-0.05, 0) is 48.9 Å². The molecule has 1 aromatic heterocycles. The Bertz CT molecular complexity index is 1140. The number of halogens is 1. The third kappa shape index (κ3) is 5.53. The number of hydrogen-bond acceptors (Lipinski definition) is 2. The summed E-state index contributed by atoms with van der Waals surface area (Å²) in [4.78, 5) is 27.6. The second-order valence-electron chi connectivity index (χ2n) is 9.21. The molecule has 0 radical (unpaired) electrons. The lowest BCUT2D eigenvalue weighted by Crippen LogP contribution is -2.44. The summed E-state index contributed by atoms with van der Waals surface area (Å²) in [5.74, 6) is 0.296. The van der Waals surface area contributed by atoms with E-state index in [4.69, 9.17) is 0 Å². The summed E-state index contributed by atoms with van der Waals surface area (Å²) < 4.78 is 15.5. The van der Waals surface area contributed by atoms with Crippen LogP contribution in [0.4, 0.5) is 14.9 Å². The Morgan fingerprint density at radius 3 is 2.76 bits per heavy atom. The Morgan fingerprint density at radius 1 is 1.15 bits per heavy atom. The summed E-state index contributed by atoms with van der Waals surface area (Å²) in [5, 5.41) is 6.49. The largest absolute Gasteiger partial charge is 0.346 e. The minimum absolute atomic E-state index is 0.0441. The molecule has 4 rings (SSSR count). The van der Waals surface area contributed by atoms with Gasteiger partial charge in [0, 0.05) is 49.0 Å². The average molecular weight is 451 g/mol. The molecule has 33 heavy (non-hydrogen) atoms. The SMILES string of the molecule is CC(C)Cn1cc(C(=O)N2CCCC(CNC(=O)Nc3cccc(F)c3)C2)c2ccccc21. The molecule has 0 saturated carbocycles. The maximum atomic E-state index is 13.4. The molecule has 1 aliphatic heterocycles. The van der Waals surface area contributed by atoms with E-state index < -0.39 is 5.82 Å². The van der Waals surface area contributed by atoms with Gasteiger partial charge in [-0.2, -0.15) is 0 Å². The van der Waals surface area contributed by atoms with Crippen LogP contribution in [0.1, 0.15) is 37.0 Å². The number of nitrogens with zero attached hydrogens (tertiary/aromatic N) is 2. The van der Waals surface area contributed by atoms with E-state index in [-0.39, 0.29) is 17.9 Å². The third-order valence-electron chi connectivity index (χ3n) is 6.02. The Labute approximate surface area is 193 Å². The van der Waals surface area contributed by atoms with Gasteiger partial charge in [0.1, 0.15) is 5.82 Å². The van der Waals surface area contributed by atoms with Crippen molar-refractivity contribution in [2.24, 2.45) is 11.8 Å². The van der Waals surface area contributed by atoms with E-state index >= 15 is 0 Å². The highest BCUT2D eigenvalue weighted by molar-refractivity contribution is 6.07. The van der Waals surface area contributed by atoms with Gasteiger partial charge in [0.25, 0.3) is 5.91 Å². The minimum atomic E-state index is -0.399. The molecule has 0 spiro atoms. The molecule has 3 aromatic rings. The van der Waals surface area contributed by atoms with Crippen molar-refractivity contribution in [1.82, 2.24) is 14.8 Å². The zero-order valence-electron chi connectivity index (χ0n) is 19.2.